The molecule has 0 bridgehead atoms. The predicted molar refractivity (Wildman–Crippen MR) is 118 cm³/mol. The summed E-state index contributed by atoms with van der Waals surface area (Å²) in [5.41, 5.74) is -0.114. The number of halogens is 1. The van der Waals surface area contributed by atoms with Crippen molar-refractivity contribution < 1.29 is 14.0 Å². The van der Waals surface area contributed by atoms with Crippen LogP contribution >= 0.6 is 24.2 Å². The highest BCUT2D eigenvalue weighted by atomic mass is 35.5. The molecule has 1 aliphatic carbocycles. The van der Waals surface area contributed by atoms with Crippen LogP contribution in [0.1, 0.15) is 76.4 Å². The predicted octanol–water partition coefficient (Wildman–Crippen LogP) is 3.97. The molecule has 1 aromatic heterocycles. The molecule has 1 aliphatic rings. The van der Waals surface area contributed by atoms with Crippen molar-refractivity contribution in [3.05, 3.63) is 5.89 Å². The van der Waals surface area contributed by atoms with Gasteiger partial charge in [-0.25, -0.2) is 0 Å². The van der Waals surface area contributed by atoms with Gasteiger partial charge in [0.1, 0.15) is 6.04 Å². The molecule has 1 heterocycles. The lowest BCUT2D eigenvalue weighted by molar-refractivity contribution is -0.122. The van der Waals surface area contributed by atoms with Crippen molar-refractivity contribution in [2.75, 3.05) is 19.3 Å². The minimum absolute atomic E-state index is 0. The van der Waals surface area contributed by atoms with Gasteiger partial charge in [0.05, 0.1) is 0 Å². The number of rotatable bonds is 10. The van der Waals surface area contributed by atoms with E-state index in [-0.39, 0.29) is 35.5 Å². The summed E-state index contributed by atoms with van der Waals surface area (Å²) in [5.74, 6) is 0.529. The van der Waals surface area contributed by atoms with E-state index in [1.165, 1.54) is 24.6 Å². The maximum atomic E-state index is 13.3. The Morgan fingerprint density at radius 2 is 1.93 bits per heavy atom. The number of hydrogen-bond acceptors (Lipinski definition) is 7. The Balaban J connectivity index is 0.00000420. The second-order valence-electron chi connectivity index (χ2n) is 8.67. The topological polar surface area (TPSA) is 88.3 Å². The summed E-state index contributed by atoms with van der Waals surface area (Å²) in [7, 11) is 1.88. The highest BCUT2D eigenvalue weighted by molar-refractivity contribution is 7.99. The fourth-order valence-electron chi connectivity index (χ4n) is 3.63. The van der Waals surface area contributed by atoms with Crippen molar-refractivity contribution in [1.29, 1.82) is 0 Å². The van der Waals surface area contributed by atoms with Gasteiger partial charge in [-0.15, -0.1) is 22.6 Å². The standard InChI is InChI=1S/C20H34N4O3S.ClH/c1-20(2,3)13-16(24(14-25)15-9-7-5-6-8-10-15)17(26)18-22-23-19(27-18)28-12-11-21-4;/h14-16,21H,5-13H2,1-4H3;1H/t16-;/m0./s1. The number of amides is 1. The van der Waals surface area contributed by atoms with E-state index in [4.69, 9.17) is 4.42 Å². The van der Waals surface area contributed by atoms with Crippen LogP contribution in [0.4, 0.5) is 0 Å². The normalized spacial score (nSPS) is 16.6. The minimum Gasteiger partial charge on any atom is -0.408 e. The number of aromatic nitrogens is 2. The third-order valence-corrected chi connectivity index (χ3v) is 5.85. The van der Waals surface area contributed by atoms with Crippen LogP contribution in [-0.4, -0.2) is 58.7 Å². The molecule has 29 heavy (non-hydrogen) atoms. The van der Waals surface area contributed by atoms with E-state index in [1.54, 1.807) is 4.90 Å². The molecule has 1 atom stereocenters. The molecule has 1 N–H and O–H groups in total. The molecule has 1 aromatic rings. The van der Waals surface area contributed by atoms with Crippen LogP contribution in [0.25, 0.3) is 0 Å². The first-order valence-electron chi connectivity index (χ1n) is 10.2. The van der Waals surface area contributed by atoms with Gasteiger partial charge in [-0.2, -0.15) is 0 Å². The summed E-state index contributed by atoms with van der Waals surface area (Å²) in [4.78, 5) is 27.1. The zero-order valence-electron chi connectivity index (χ0n) is 18.0. The van der Waals surface area contributed by atoms with Gasteiger partial charge in [0.15, 0.2) is 0 Å². The van der Waals surface area contributed by atoms with Crippen LogP contribution in [0.5, 0.6) is 0 Å². The van der Waals surface area contributed by atoms with Gasteiger partial charge in [-0.05, 0) is 31.7 Å². The van der Waals surface area contributed by atoms with Gasteiger partial charge < -0.3 is 14.6 Å². The fraction of sp³-hybridized carbons (Fsp3) is 0.800. The molecular formula is C20H35ClN4O3S. The molecule has 0 radical (unpaired) electrons. The van der Waals surface area contributed by atoms with Crippen LogP contribution in [0.2, 0.25) is 0 Å². The molecule has 0 unspecified atom stereocenters. The molecule has 0 aliphatic heterocycles. The SMILES string of the molecule is CNCCSc1nnc(C(=O)[C@H](CC(C)(C)C)N(C=O)C2CCCCCC2)o1.Cl. The monoisotopic (exact) mass is 446 g/mol. The summed E-state index contributed by atoms with van der Waals surface area (Å²) in [5, 5.41) is 11.4. The zero-order valence-corrected chi connectivity index (χ0v) is 19.6. The van der Waals surface area contributed by atoms with Gasteiger partial charge in [-0.3, -0.25) is 9.59 Å². The Kier molecular flexibility index (Phi) is 11.2. The van der Waals surface area contributed by atoms with Gasteiger partial charge in [0.2, 0.25) is 12.2 Å². The van der Waals surface area contributed by atoms with Crippen molar-refractivity contribution in [3.63, 3.8) is 0 Å². The highest BCUT2D eigenvalue weighted by Crippen LogP contribution is 2.30. The second kappa shape index (κ2) is 12.5. The zero-order chi connectivity index (χ0) is 20.6. The Labute approximate surface area is 184 Å². The van der Waals surface area contributed by atoms with Crippen LogP contribution in [-0.2, 0) is 4.79 Å². The van der Waals surface area contributed by atoms with Crippen molar-refractivity contribution in [3.8, 4) is 0 Å². The average molecular weight is 447 g/mol. The van der Waals surface area contributed by atoms with Crippen LogP contribution in [0.3, 0.4) is 0 Å². The highest BCUT2D eigenvalue weighted by Gasteiger charge is 2.36. The van der Waals surface area contributed by atoms with E-state index < -0.39 is 6.04 Å². The molecule has 2 rings (SSSR count). The third kappa shape index (κ3) is 8.26. The van der Waals surface area contributed by atoms with Crippen molar-refractivity contribution in [1.82, 2.24) is 20.4 Å². The minimum atomic E-state index is -0.573. The Morgan fingerprint density at radius 1 is 1.28 bits per heavy atom. The first-order valence-corrected chi connectivity index (χ1v) is 11.2. The Hall–Kier alpha value is -1.12. The lowest BCUT2D eigenvalue weighted by Crippen LogP contribution is -2.48. The van der Waals surface area contributed by atoms with E-state index in [2.05, 4.69) is 36.3 Å². The van der Waals surface area contributed by atoms with E-state index in [9.17, 15) is 9.59 Å². The summed E-state index contributed by atoms with van der Waals surface area (Å²) in [6.07, 6.45) is 7.88. The molecular weight excluding hydrogens is 412 g/mol. The number of hydrogen-bond donors (Lipinski definition) is 1. The van der Waals surface area contributed by atoms with E-state index >= 15 is 0 Å². The molecule has 0 saturated heterocycles. The first kappa shape index (κ1) is 25.9. The number of Topliss-reactive ketones (excluding diaryl/α,β-unsaturated/α-hetero) is 1. The number of nitrogens with one attached hydrogen (secondary N) is 1. The summed E-state index contributed by atoms with van der Waals surface area (Å²) in [6.45, 7) is 7.05. The summed E-state index contributed by atoms with van der Waals surface area (Å²) in [6, 6.07) is -0.472. The van der Waals surface area contributed by atoms with Gasteiger partial charge in [-0.1, -0.05) is 58.2 Å². The Morgan fingerprint density at radius 3 is 2.48 bits per heavy atom. The van der Waals surface area contributed by atoms with Gasteiger partial charge in [0, 0.05) is 18.3 Å². The van der Waals surface area contributed by atoms with E-state index in [0.29, 0.717) is 11.6 Å². The van der Waals surface area contributed by atoms with Crippen LogP contribution < -0.4 is 5.32 Å². The van der Waals surface area contributed by atoms with Crippen molar-refractivity contribution in [2.24, 2.45) is 5.41 Å². The van der Waals surface area contributed by atoms with Gasteiger partial charge in [0.25, 0.3) is 11.1 Å². The van der Waals surface area contributed by atoms with Crippen LogP contribution in [0.15, 0.2) is 9.64 Å². The Bertz CT molecular complexity index is 627. The van der Waals surface area contributed by atoms with Crippen molar-refractivity contribution >= 4 is 36.4 Å². The van der Waals surface area contributed by atoms with E-state index in [1.807, 2.05) is 7.05 Å². The summed E-state index contributed by atoms with van der Waals surface area (Å²) < 4.78 is 5.61. The van der Waals surface area contributed by atoms with Gasteiger partial charge >= 0.3 is 0 Å². The molecule has 0 spiro atoms. The molecule has 1 fully saturated rings. The maximum Gasteiger partial charge on any atom is 0.286 e. The number of carbonyl (C=O) groups excluding carboxylic acids is 2. The molecule has 1 amide bonds. The quantitative estimate of drug-likeness (QED) is 0.191. The molecule has 9 heteroatoms. The molecule has 7 nitrogen and oxygen atoms in total. The number of ketones is 1. The third-order valence-electron chi connectivity index (χ3n) is 5.03. The fourth-order valence-corrected chi connectivity index (χ4v) is 4.35. The van der Waals surface area contributed by atoms with E-state index in [0.717, 1.165) is 44.4 Å². The molecule has 0 aromatic carbocycles. The largest absolute Gasteiger partial charge is 0.408 e. The smallest absolute Gasteiger partial charge is 0.286 e. The average Bonchev–Trinajstić information content (AvgIpc) is 2.95. The van der Waals surface area contributed by atoms with Crippen molar-refractivity contribution in [2.45, 2.75) is 83.0 Å². The lowest BCUT2D eigenvalue weighted by Gasteiger charge is -2.36. The second-order valence-corrected chi connectivity index (χ2v) is 9.71. The molecule has 166 valence electrons. The first-order chi connectivity index (χ1) is 13.4. The number of thioether (sulfide) groups is 1. The molecule has 1 saturated carbocycles. The number of nitrogens with zero attached hydrogens (tertiary/aromatic N) is 3. The number of carbonyl (C=O) groups is 2. The van der Waals surface area contributed by atoms with Crippen LogP contribution in [0, 0.1) is 5.41 Å². The summed E-state index contributed by atoms with van der Waals surface area (Å²) >= 11 is 1.41. The maximum absolute atomic E-state index is 13.3. The lowest BCUT2D eigenvalue weighted by atomic mass is 9.85.